The van der Waals surface area contributed by atoms with Crippen molar-refractivity contribution in [2.24, 2.45) is 11.8 Å². The highest BCUT2D eigenvalue weighted by atomic mass is 16.1. The van der Waals surface area contributed by atoms with Crippen LogP contribution in [0.1, 0.15) is 51.7 Å². The monoisotopic (exact) mass is 232 g/mol. The van der Waals surface area contributed by atoms with Gasteiger partial charge in [0.2, 0.25) is 0 Å². The van der Waals surface area contributed by atoms with Crippen molar-refractivity contribution in [3.8, 4) is 0 Å². The van der Waals surface area contributed by atoms with E-state index in [1.54, 1.807) is 6.92 Å². The zero-order valence-electron chi connectivity index (χ0n) is 11.7. The van der Waals surface area contributed by atoms with Crippen molar-refractivity contribution < 1.29 is 4.79 Å². The molecule has 0 fully saturated rings. The Bertz CT molecular complexity index is 377. The third kappa shape index (κ3) is 3.69. The van der Waals surface area contributed by atoms with Crippen LogP contribution in [0.5, 0.6) is 0 Å². The Morgan fingerprint density at radius 3 is 2.18 bits per heavy atom. The summed E-state index contributed by atoms with van der Waals surface area (Å²) in [5, 5.41) is 0. The van der Waals surface area contributed by atoms with Gasteiger partial charge < -0.3 is 0 Å². The molecule has 1 rings (SSSR count). The minimum atomic E-state index is 0.148. The van der Waals surface area contributed by atoms with Gasteiger partial charge in [-0.25, -0.2) is 0 Å². The van der Waals surface area contributed by atoms with Gasteiger partial charge >= 0.3 is 0 Å². The second-order valence-electron chi connectivity index (χ2n) is 5.52. The van der Waals surface area contributed by atoms with Gasteiger partial charge in [0.1, 0.15) is 5.78 Å². The Balaban J connectivity index is 2.97. The van der Waals surface area contributed by atoms with Gasteiger partial charge in [-0.15, -0.1) is 0 Å². The predicted molar refractivity (Wildman–Crippen MR) is 73.2 cm³/mol. The maximum atomic E-state index is 11.7. The highest BCUT2D eigenvalue weighted by molar-refractivity contribution is 5.78. The van der Waals surface area contributed by atoms with E-state index in [2.05, 4.69) is 52.0 Å². The quantitative estimate of drug-likeness (QED) is 0.743. The molecule has 0 saturated carbocycles. The molecule has 0 aliphatic heterocycles. The second kappa shape index (κ2) is 6.00. The van der Waals surface area contributed by atoms with E-state index in [-0.39, 0.29) is 5.92 Å². The van der Waals surface area contributed by atoms with E-state index in [4.69, 9.17) is 0 Å². The molecule has 0 unspecified atom stereocenters. The fraction of sp³-hybridized carbons (Fsp3) is 0.562. The lowest BCUT2D eigenvalue weighted by Gasteiger charge is -2.20. The van der Waals surface area contributed by atoms with Gasteiger partial charge in [0.05, 0.1) is 0 Å². The zero-order chi connectivity index (χ0) is 13.0. The summed E-state index contributed by atoms with van der Waals surface area (Å²) in [5.74, 6) is 1.38. The summed E-state index contributed by atoms with van der Waals surface area (Å²) in [4.78, 5) is 11.7. The molecule has 0 amide bonds. The van der Waals surface area contributed by atoms with Crippen molar-refractivity contribution in [1.82, 2.24) is 0 Å². The topological polar surface area (TPSA) is 17.1 Å². The van der Waals surface area contributed by atoms with Gasteiger partial charge in [0.25, 0.3) is 0 Å². The number of ketones is 1. The predicted octanol–water partition coefficient (Wildman–Crippen LogP) is 4.21. The Labute approximate surface area is 105 Å². The van der Waals surface area contributed by atoms with Crippen LogP contribution in [0.4, 0.5) is 0 Å². The first-order valence-corrected chi connectivity index (χ1v) is 6.51. The van der Waals surface area contributed by atoms with E-state index < -0.39 is 0 Å². The maximum absolute atomic E-state index is 11.7. The molecule has 0 aliphatic rings. The lowest BCUT2D eigenvalue weighted by Crippen LogP contribution is -2.20. The molecule has 1 atom stereocenters. The molecule has 0 saturated heterocycles. The molecule has 0 bridgehead atoms. The van der Waals surface area contributed by atoms with Crippen molar-refractivity contribution in [3.05, 3.63) is 35.4 Å². The third-order valence-electron chi connectivity index (χ3n) is 3.44. The van der Waals surface area contributed by atoms with Crippen molar-refractivity contribution in [2.75, 3.05) is 0 Å². The van der Waals surface area contributed by atoms with Gasteiger partial charge in [-0.2, -0.15) is 0 Å². The van der Waals surface area contributed by atoms with Crippen LogP contribution < -0.4 is 0 Å². The fourth-order valence-corrected chi connectivity index (χ4v) is 2.37. The number of rotatable bonds is 5. The lowest BCUT2D eigenvalue weighted by molar-refractivity contribution is -0.121. The largest absolute Gasteiger partial charge is 0.300 e. The Morgan fingerprint density at radius 2 is 1.71 bits per heavy atom. The van der Waals surface area contributed by atoms with Crippen LogP contribution in [0.2, 0.25) is 0 Å². The highest BCUT2D eigenvalue weighted by Gasteiger charge is 2.20. The molecule has 1 heteroatoms. The normalized spacial score (nSPS) is 13.1. The summed E-state index contributed by atoms with van der Waals surface area (Å²) in [6, 6.07) is 8.49. The maximum Gasteiger partial charge on any atom is 0.133 e. The molecular weight excluding hydrogens is 208 g/mol. The number of hydrogen-bond acceptors (Lipinski definition) is 1. The van der Waals surface area contributed by atoms with Crippen LogP contribution in [0.15, 0.2) is 24.3 Å². The van der Waals surface area contributed by atoms with Gasteiger partial charge in [-0.05, 0) is 36.3 Å². The Morgan fingerprint density at radius 1 is 1.12 bits per heavy atom. The molecule has 1 aromatic carbocycles. The minimum Gasteiger partial charge on any atom is -0.300 e. The van der Waals surface area contributed by atoms with Crippen LogP contribution in [0, 0.1) is 11.8 Å². The Hall–Kier alpha value is -1.11. The van der Waals surface area contributed by atoms with Crippen molar-refractivity contribution >= 4 is 5.78 Å². The average Bonchev–Trinajstić information content (AvgIpc) is 2.25. The van der Waals surface area contributed by atoms with E-state index in [1.807, 2.05) is 0 Å². The molecule has 94 valence electrons. The minimum absolute atomic E-state index is 0.148. The van der Waals surface area contributed by atoms with Crippen LogP contribution in [-0.4, -0.2) is 5.78 Å². The molecule has 1 aromatic rings. The SMILES string of the molecule is CC(=O)[C@H](Cc1ccccc1C(C)C)C(C)C. The summed E-state index contributed by atoms with van der Waals surface area (Å²) in [5.41, 5.74) is 2.70. The van der Waals surface area contributed by atoms with Gasteiger partial charge in [0.15, 0.2) is 0 Å². The molecule has 0 radical (unpaired) electrons. The molecule has 1 nitrogen and oxygen atoms in total. The van der Waals surface area contributed by atoms with Crippen LogP contribution in [0.3, 0.4) is 0 Å². The zero-order valence-corrected chi connectivity index (χ0v) is 11.7. The number of benzene rings is 1. The van der Waals surface area contributed by atoms with E-state index in [9.17, 15) is 4.79 Å². The van der Waals surface area contributed by atoms with Crippen LogP contribution >= 0.6 is 0 Å². The number of carbonyl (C=O) groups is 1. The fourth-order valence-electron chi connectivity index (χ4n) is 2.37. The molecular formula is C16H24O. The third-order valence-corrected chi connectivity index (χ3v) is 3.44. The van der Waals surface area contributed by atoms with E-state index in [0.717, 1.165) is 6.42 Å². The average molecular weight is 232 g/mol. The summed E-state index contributed by atoms with van der Waals surface area (Å²) >= 11 is 0. The van der Waals surface area contributed by atoms with Gasteiger partial charge in [-0.3, -0.25) is 4.79 Å². The molecule has 0 heterocycles. The second-order valence-corrected chi connectivity index (χ2v) is 5.52. The smallest absolute Gasteiger partial charge is 0.133 e. The number of carbonyl (C=O) groups excluding carboxylic acids is 1. The van der Waals surface area contributed by atoms with Crippen molar-refractivity contribution in [1.29, 1.82) is 0 Å². The first kappa shape index (κ1) is 14.0. The number of hydrogen-bond donors (Lipinski definition) is 0. The summed E-state index contributed by atoms with van der Waals surface area (Å²) < 4.78 is 0. The summed E-state index contributed by atoms with van der Waals surface area (Å²) in [6.07, 6.45) is 0.876. The summed E-state index contributed by atoms with van der Waals surface area (Å²) in [6.45, 7) is 10.4. The first-order valence-electron chi connectivity index (χ1n) is 6.51. The van der Waals surface area contributed by atoms with Crippen LogP contribution in [-0.2, 0) is 11.2 Å². The molecule has 0 N–H and O–H groups in total. The van der Waals surface area contributed by atoms with Crippen LogP contribution in [0.25, 0.3) is 0 Å². The first-order chi connectivity index (χ1) is 7.93. The van der Waals surface area contributed by atoms with Crippen molar-refractivity contribution in [2.45, 2.75) is 47.0 Å². The summed E-state index contributed by atoms with van der Waals surface area (Å²) in [7, 11) is 0. The molecule has 0 aromatic heterocycles. The highest BCUT2D eigenvalue weighted by Crippen LogP contribution is 2.25. The van der Waals surface area contributed by atoms with E-state index >= 15 is 0 Å². The van der Waals surface area contributed by atoms with E-state index in [0.29, 0.717) is 17.6 Å². The standard InChI is InChI=1S/C16H24O/c1-11(2)15-9-7-6-8-14(15)10-16(12(3)4)13(5)17/h6-9,11-12,16H,10H2,1-5H3/t16-/m1/s1. The van der Waals surface area contributed by atoms with E-state index in [1.165, 1.54) is 11.1 Å². The van der Waals surface area contributed by atoms with Gasteiger partial charge in [0, 0.05) is 5.92 Å². The molecule has 0 aliphatic carbocycles. The Kier molecular flexibility index (Phi) is 4.92. The molecule has 17 heavy (non-hydrogen) atoms. The molecule has 0 spiro atoms. The van der Waals surface area contributed by atoms with Crippen molar-refractivity contribution in [3.63, 3.8) is 0 Å². The van der Waals surface area contributed by atoms with Gasteiger partial charge in [-0.1, -0.05) is 52.0 Å². The number of Topliss-reactive ketones (excluding diaryl/α,β-unsaturated/α-hetero) is 1. The lowest BCUT2D eigenvalue weighted by atomic mass is 9.83.